The Hall–Kier alpha value is -2.53. The molecule has 1 heterocycles. The quantitative estimate of drug-likeness (QED) is 0.858. The van der Waals surface area contributed by atoms with Gasteiger partial charge in [-0.3, -0.25) is 0 Å². The molecule has 1 atom stereocenters. The molecule has 1 saturated heterocycles. The fourth-order valence-electron chi connectivity index (χ4n) is 2.55. The van der Waals surface area contributed by atoms with Crippen molar-refractivity contribution in [3.05, 3.63) is 65.7 Å². The van der Waals surface area contributed by atoms with Crippen LogP contribution in [0.2, 0.25) is 0 Å². The van der Waals surface area contributed by atoms with Gasteiger partial charge in [-0.05, 0) is 29.7 Å². The number of carbonyl (C=O) groups excluding carboxylic acids is 1. The van der Waals surface area contributed by atoms with E-state index in [4.69, 9.17) is 9.47 Å². The predicted octanol–water partition coefficient (Wildman–Crippen LogP) is 2.85. The lowest BCUT2D eigenvalue weighted by molar-refractivity contribution is 0.188. The van der Waals surface area contributed by atoms with E-state index in [1.54, 1.807) is 0 Å². The molecule has 0 saturated carbocycles. The highest BCUT2D eigenvalue weighted by atomic mass is 16.5. The lowest BCUT2D eigenvalue weighted by Gasteiger charge is -2.12. The van der Waals surface area contributed by atoms with Crippen molar-refractivity contribution in [3.63, 3.8) is 0 Å². The highest BCUT2D eigenvalue weighted by Crippen LogP contribution is 2.15. The fraction of sp³-hybridized carbons (Fsp3) is 0.316. The van der Waals surface area contributed by atoms with Crippen molar-refractivity contribution in [1.29, 1.82) is 0 Å². The molecule has 2 aromatic rings. The Bertz CT molecular complexity index is 655. The molecule has 1 aliphatic heterocycles. The molecular weight excluding hydrogens is 304 g/mol. The summed E-state index contributed by atoms with van der Waals surface area (Å²) in [5.74, 6) is 0.794. The second kappa shape index (κ2) is 8.36. The first-order valence-corrected chi connectivity index (χ1v) is 8.17. The third-order valence-corrected chi connectivity index (χ3v) is 3.86. The van der Waals surface area contributed by atoms with Crippen LogP contribution in [-0.4, -0.2) is 25.3 Å². The van der Waals surface area contributed by atoms with Gasteiger partial charge in [0, 0.05) is 13.2 Å². The summed E-state index contributed by atoms with van der Waals surface area (Å²) in [7, 11) is 0. The van der Waals surface area contributed by atoms with Crippen LogP contribution in [0.25, 0.3) is 0 Å². The number of benzene rings is 2. The first-order valence-electron chi connectivity index (χ1n) is 8.17. The molecule has 3 rings (SSSR count). The minimum atomic E-state index is -0.166. The summed E-state index contributed by atoms with van der Waals surface area (Å²) in [5, 5.41) is 5.77. The average molecular weight is 326 g/mol. The third-order valence-electron chi connectivity index (χ3n) is 3.86. The molecule has 1 fully saturated rings. The summed E-state index contributed by atoms with van der Waals surface area (Å²) in [5.41, 5.74) is 2.12. The van der Waals surface area contributed by atoms with E-state index in [1.807, 2.05) is 54.6 Å². The van der Waals surface area contributed by atoms with E-state index in [-0.39, 0.29) is 12.1 Å². The number of nitrogens with one attached hydrogen (secondary N) is 2. The van der Waals surface area contributed by atoms with Gasteiger partial charge in [-0.15, -0.1) is 0 Å². The molecule has 2 aromatic carbocycles. The highest BCUT2D eigenvalue weighted by molar-refractivity contribution is 5.74. The molecule has 24 heavy (non-hydrogen) atoms. The van der Waals surface area contributed by atoms with Gasteiger partial charge in [0.1, 0.15) is 12.4 Å². The molecule has 0 spiro atoms. The second-order valence-electron chi connectivity index (χ2n) is 5.81. The van der Waals surface area contributed by atoms with Gasteiger partial charge in [-0.25, -0.2) is 4.79 Å². The maximum atomic E-state index is 11.9. The highest BCUT2D eigenvalue weighted by Gasteiger charge is 2.17. The van der Waals surface area contributed by atoms with Crippen molar-refractivity contribution in [2.24, 2.45) is 0 Å². The summed E-state index contributed by atoms with van der Waals surface area (Å²) in [6.45, 7) is 2.30. The summed E-state index contributed by atoms with van der Waals surface area (Å²) < 4.78 is 11.0. The fourth-order valence-corrected chi connectivity index (χ4v) is 2.55. The van der Waals surface area contributed by atoms with Crippen molar-refractivity contribution in [2.45, 2.75) is 25.6 Å². The zero-order valence-corrected chi connectivity index (χ0v) is 13.5. The van der Waals surface area contributed by atoms with Crippen molar-refractivity contribution in [2.75, 3.05) is 13.2 Å². The number of hydrogen-bond donors (Lipinski definition) is 2. The predicted molar refractivity (Wildman–Crippen MR) is 91.8 cm³/mol. The maximum absolute atomic E-state index is 11.9. The molecule has 0 aromatic heterocycles. The standard InChI is InChI=1S/C19H22N2O3/c22-19(21-17-9-10-23-14-17)20-12-16-7-4-8-18(11-16)24-13-15-5-2-1-3-6-15/h1-8,11,17H,9-10,12-14H2,(H2,20,21,22)/t17-/m1/s1. The molecule has 0 unspecified atom stereocenters. The van der Waals surface area contributed by atoms with Gasteiger partial charge in [0.05, 0.1) is 12.6 Å². The van der Waals surface area contributed by atoms with Crippen molar-refractivity contribution < 1.29 is 14.3 Å². The number of ether oxygens (including phenoxy) is 2. The van der Waals surface area contributed by atoms with Gasteiger partial charge >= 0.3 is 6.03 Å². The van der Waals surface area contributed by atoms with Crippen LogP contribution in [0.5, 0.6) is 5.75 Å². The van der Waals surface area contributed by atoms with E-state index in [1.165, 1.54) is 0 Å². The van der Waals surface area contributed by atoms with E-state index < -0.39 is 0 Å². The number of urea groups is 1. The molecular formula is C19H22N2O3. The van der Waals surface area contributed by atoms with Gasteiger partial charge in [-0.2, -0.15) is 0 Å². The Balaban J connectivity index is 1.46. The maximum Gasteiger partial charge on any atom is 0.315 e. The molecule has 0 radical (unpaired) electrons. The van der Waals surface area contributed by atoms with Crippen LogP contribution in [0, 0.1) is 0 Å². The Morgan fingerprint density at radius 1 is 1.12 bits per heavy atom. The zero-order chi connectivity index (χ0) is 16.6. The van der Waals surface area contributed by atoms with Crippen LogP contribution < -0.4 is 15.4 Å². The number of carbonyl (C=O) groups is 1. The molecule has 126 valence electrons. The van der Waals surface area contributed by atoms with E-state index in [2.05, 4.69) is 10.6 Å². The normalized spacial score (nSPS) is 16.6. The molecule has 5 nitrogen and oxygen atoms in total. The van der Waals surface area contributed by atoms with Gasteiger partial charge in [-0.1, -0.05) is 42.5 Å². The largest absolute Gasteiger partial charge is 0.489 e. The SMILES string of the molecule is O=C(NCc1cccc(OCc2ccccc2)c1)N[C@@H]1CCOC1. The number of rotatable bonds is 6. The Morgan fingerprint density at radius 3 is 2.75 bits per heavy atom. The molecule has 2 amide bonds. The molecule has 1 aliphatic rings. The minimum Gasteiger partial charge on any atom is -0.489 e. The van der Waals surface area contributed by atoms with Gasteiger partial charge in [0.25, 0.3) is 0 Å². The number of amides is 2. The van der Waals surface area contributed by atoms with Crippen LogP contribution in [0.3, 0.4) is 0 Å². The number of hydrogen-bond acceptors (Lipinski definition) is 3. The Morgan fingerprint density at radius 2 is 1.96 bits per heavy atom. The smallest absolute Gasteiger partial charge is 0.315 e. The zero-order valence-electron chi connectivity index (χ0n) is 13.5. The van der Waals surface area contributed by atoms with Crippen LogP contribution in [-0.2, 0) is 17.9 Å². The van der Waals surface area contributed by atoms with Crippen molar-refractivity contribution in [3.8, 4) is 5.75 Å². The molecule has 0 bridgehead atoms. The summed E-state index contributed by atoms with van der Waals surface area (Å²) in [6.07, 6.45) is 0.871. The van der Waals surface area contributed by atoms with Gasteiger partial charge in [0.15, 0.2) is 0 Å². The van der Waals surface area contributed by atoms with E-state index in [0.29, 0.717) is 26.4 Å². The first kappa shape index (κ1) is 16.3. The average Bonchev–Trinajstić information content (AvgIpc) is 3.12. The lowest BCUT2D eigenvalue weighted by Crippen LogP contribution is -2.42. The molecule has 2 N–H and O–H groups in total. The first-order chi connectivity index (χ1) is 11.8. The minimum absolute atomic E-state index is 0.116. The third kappa shape index (κ3) is 4.99. The monoisotopic (exact) mass is 326 g/mol. The van der Waals surface area contributed by atoms with Crippen LogP contribution in [0.4, 0.5) is 4.79 Å². The summed E-state index contributed by atoms with van der Waals surface area (Å²) >= 11 is 0. The van der Waals surface area contributed by atoms with Crippen LogP contribution in [0.15, 0.2) is 54.6 Å². The van der Waals surface area contributed by atoms with Crippen molar-refractivity contribution >= 4 is 6.03 Å². The molecule has 0 aliphatic carbocycles. The second-order valence-corrected chi connectivity index (χ2v) is 5.81. The topological polar surface area (TPSA) is 59.6 Å². The van der Waals surface area contributed by atoms with Gasteiger partial charge < -0.3 is 20.1 Å². The van der Waals surface area contributed by atoms with Crippen LogP contribution >= 0.6 is 0 Å². The summed E-state index contributed by atoms with van der Waals surface area (Å²) in [6, 6.07) is 17.7. The Kier molecular flexibility index (Phi) is 5.69. The lowest BCUT2D eigenvalue weighted by atomic mass is 10.2. The van der Waals surface area contributed by atoms with E-state index in [9.17, 15) is 4.79 Å². The summed E-state index contributed by atoms with van der Waals surface area (Å²) in [4.78, 5) is 11.9. The van der Waals surface area contributed by atoms with E-state index in [0.717, 1.165) is 23.3 Å². The Labute approximate surface area is 142 Å². The van der Waals surface area contributed by atoms with Gasteiger partial charge in [0.2, 0.25) is 0 Å². The van der Waals surface area contributed by atoms with Crippen molar-refractivity contribution in [1.82, 2.24) is 10.6 Å². The molecule has 5 heteroatoms. The van der Waals surface area contributed by atoms with Crippen LogP contribution in [0.1, 0.15) is 17.5 Å². The van der Waals surface area contributed by atoms with E-state index >= 15 is 0 Å².